The van der Waals surface area contributed by atoms with Gasteiger partial charge < -0.3 is 10.4 Å². The van der Waals surface area contributed by atoms with Crippen LogP contribution in [0, 0.1) is 0 Å². The molecule has 2 N–H and O–H groups in total. The molecule has 2 nitrogen and oxygen atoms in total. The Morgan fingerprint density at radius 2 is 2.14 bits per heavy atom. The van der Waals surface area contributed by atoms with Crippen LogP contribution >= 0.6 is 11.6 Å². The first-order valence-electron chi connectivity index (χ1n) is 4.45. The number of rotatable bonds is 5. The summed E-state index contributed by atoms with van der Waals surface area (Å²) in [6.45, 7) is 5.00. The largest absolute Gasteiger partial charge is 0.392 e. The van der Waals surface area contributed by atoms with Crippen molar-refractivity contribution in [1.82, 2.24) is 5.32 Å². The van der Waals surface area contributed by atoms with E-state index in [2.05, 4.69) is 11.9 Å². The van der Waals surface area contributed by atoms with Crippen LogP contribution in [0.15, 0.2) is 35.9 Å². The molecule has 0 unspecified atom stereocenters. The third-order valence-corrected chi connectivity index (χ3v) is 1.95. The molecule has 0 atom stereocenters. The zero-order valence-electron chi connectivity index (χ0n) is 7.96. The van der Waals surface area contributed by atoms with Gasteiger partial charge in [-0.1, -0.05) is 42.4 Å². The summed E-state index contributed by atoms with van der Waals surface area (Å²) in [6.07, 6.45) is 0. The topological polar surface area (TPSA) is 32.3 Å². The van der Waals surface area contributed by atoms with E-state index in [1.54, 1.807) is 0 Å². The first-order chi connectivity index (χ1) is 6.72. The molecule has 0 aliphatic heterocycles. The molecule has 0 fully saturated rings. The summed E-state index contributed by atoms with van der Waals surface area (Å²) >= 11 is 5.61. The number of hydrogen-bond donors (Lipinski definition) is 2. The van der Waals surface area contributed by atoms with Crippen molar-refractivity contribution >= 4 is 11.6 Å². The van der Waals surface area contributed by atoms with Crippen molar-refractivity contribution in [2.45, 2.75) is 13.2 Å². The van der Waals surface area contributed by atoms with Crippen molar-refractivity contribution in [3.63, 3.8) is 0 Å². The van der Waals surface area contributed by atoms with Crippen molar-refractivity contribution in [3.8, 4) is 0 Å². The molecule has 0 saturated carbocycles. The lowest BCUT2D eigenvalue weighted by molar-refractivity contribution is 0.281. The van der Waals surface area contributed by atoms with Crippen molar-refractivity contribution in [3.05, 3.63) is 47.0 Å². The van der Waals surface area contributed by atoms with Gasteiger partial charge in [-0.05, 0) is 11.1 Å². The molecule has 1 rings (SSSR count). The van der Waals surface area contributed by atoms with Gasteiger partial charge in [-0.2, -0.15) is 0 Å². The molecule has 3 heteroatoms. The van der Waals surface area contributed by atoms with Crippen molar-refractivity contribution in [2.24, 2.45) is 0 Å². The van der Waals surface area contributed by atoms with Gasteiger partial charge >= 0.3 is 0 Å². The molecule has 0 saturated heterocycles. The molecule has 0 aliphatic rings. The number of nitrogens with one attached hydrogen (secondary N) is 1. The Labute approximate surface area is 89.2 Å². The fourth-order valence-electron chi connectivity index (χ4n) is 1.18. The molecule has 0 radical (unpaired) electrons. The summed E-state index contributed by atoms with van der Waals surface area (Å²) in [5.41, 5.74) is 2.06. The van der Waals surface area contributed by atoms with E-state index >= 15 is 0 Å². The fourth-order valence-corrected chi connectivity index (χ4v) is 1.27. The molecule has 1 aromatic carbocycles. The Bertz CT molecular complexity index is 312. The Hall–Kier alpha value is -0.830. The quantitative estimate of drug-likeness (QED) is 0.781. The molecular formula is C11H14ClNO. The lowest BCUT2D eigenvalue weighted by atomic mass is 10.1. The molecule has 1 aromatic rings. The molecular weight excluding hydrogens is 198 g/mol. The second kappa shape index (κ2) is 5.81. The summed E-state index contributed by atoms with van der Waals surface area (Å²) in [5, 5.41) is 12.7. The van der Waals surface area contributed by atoms with E-state index in [-0.39, 0.29) is 6.61 Å². The number of aliphatic hydroxyl groups is 1. The standard InChI is InChI=1S/C11H14ClNO/c1-9(12)6-13-7-10-3-2-4-11(5-10)8-14/h2-5,13-14H,1,6-8H2. The van der Waals surface area contributed by atoms with Crippen molar-refractivity contribution < 1.29 is 5.11 Å². The van der Waals surface area contributed by atoms with E-state index in [0.717, 1.165) is 17.7 Å². The molecule has 0 bridgehead atoms. The Kier molecular flexibility index (Phi) is 4.66. The number of hydrogen-bond acceptors (Lipinski definition) is 2. The minimum absolute atomic E-state index is 0.0794. The van der Waals surface area contributed by atoms with Crippen LogP contribution in [0.5, 0.6) is 0 Å². The monoisotopic (exact) mass is 211 g/mol. The molecule has 76 valence electrons. The van der Waals surface area contributed by atoms with Gasteiger partial charge in [0.1, 0.15) is 0 Å². The van der Waals surface area contributed by atoms with Gasteiger partial charge in [0.2, 0.25) is 0 Å². The van der Waals surface area contributed by atoms with Crippen LogP contribution in [0.4, 0.5) is 0 Å². The van der Waals surface area contributed by atoms with Gasteiger partial charge in [-0.3, -0.25) is 0 Å². The normalized spacial score (nSPS) is 10.1. The molecule has 0 heterocycles. The lowest BCUT2D eigenvalue weighted by Crippen LogP contribution is -2.14. The zero-order chi connectivity index (χ0) is 10.4. The number of benzene rings is 1. The maximum Gasteiger partial charge on any atom is 0.0681 e. The highest BCUT2D eigenvalue weighted by Gasteiger charge is 1.95. The first-order valence-corrected chi connectivity index (χ1v) is 4.83. The third kappa shape index (κ3) is 3.92. The minimum atomic E-state index is 0.0794. The number of halogens is 1. The van der Waals surface area contributed by atoms with Gasteiger partial charge in [-0.15, -0.1) is 0 Å². The van der Waals surface area contributed by atoms with Crippen molar-refractivity contribution in [1.29, 1.82) is 0 Å². The highest BCUT2D eigenvalue weighted by molar-refractivity contribution is 6.29. The maximum atomic E-state index is 8.92. The minimum Gasteiger partial charge on any atom is -0.392 e. The van der Waals surface area contributed by atoms with Gasteiger partial charge in [0, 0.05) is 18.1 Å². The van der Waals surface area contributed by atoms with E-state index in [1.165, 1.54) is 0 Å². The van der Waals surface area contributed by atoms with E-state index in [0.29, 0.717) is 11.6 Å². The van der Waals surface area contributed by atoms with Gasteiger partial charge in [0.25, 0.3) is 0 Å². The van der Waals surface area contributed by atoms with Crippen LogP contribution in [0.1, 0.15) is 11.1 Å². The van der Waals surface area contributed by atoms with Crippen LogP contribution in [0.25, 0.3) is 0 Å². The van der Waals surface area contributed by atoms with Crippen LogP contribution < -0.4 is 5.32 Å². The average molecular weight is 212 g/mol. The predicted molar refractivity (Wildman–Crippen MR) is 59.1 cm³/mol. The summed E-state index contributed by atoms with van der Waals surface area (Å²) in [5.74, 6) is 0. The van der Waals surface area contributed by atoms with Crippen molar-refractivity contribution in [2.75, 3.05) is 6.54 Å². The van der Waals surface area contributed by atoms with Crippen LogP contribution in [-0.4, -0.2) is 11.7 Å². The Morgan fingerprint density at radius 3 is 2.79 bits per heavy atom. The van der Waals surface area contributed by atoms with E-state index < -0.39 is 0 Å². The van der Waals surface area contributed by atoms with E-state index in [1.807, 2.05) is 24.3 Å². The smallest absolute Gasteiger partial charge is 0.0681 e. The van der Waals surface area contributed by atoms with Gasteiger partial charge in [0.05, 0.1) is 6.61 Å². The van der Waals surface area contributed by atoms with E-state index in [9.17, 15) is 0 Å². The Balaban J connectivity index is 2.46. The fraction of sp³-hybridized carbons (Fsp3) is 0.273. The molecule has 14 heavy (non-hydrogen) atoms. The summed E-state index contributed by atoms with van der Waals surface area (Å²) in [4.78, 5) is 0. The molecule has 0 aromatic heterocycles. The van der Waals surface area contributed by atoms with Crippen LogP contribution in [-0.2, 0) is 13.2 Å². The molecule has 0 spiro atoms. The maximum absolute atomic E-state index is 8.92. The third-order valence-electron chi connectivity index (χ3n) is 1.82. The summed E-state index contributed by atoms with van der Waals surface area (Å²) in [7, 11) is 0. The SMILES string of the molecule is C=C(Cl)CNCc1cccc(CO)c1. The van der Waals surface area contributed by atoms with Gasteiger partial charge in [-0.25, -0.2) is 0 Å². The average Bonchev–Trinajstić information content (AvgIpc) is 2.18. The summed E-state index contributed by atoms with van der Waals surface area (Å²) in [6, 6.07) is 7.79. The highest BCUT2D eigenvalue weighted by Crippen LogP contribution is 2.05. The second-order valence-electron chi connectivity index (χ2n) is 3.10. The lowest BCUT2D eigenvalue weighted by Gasteiger charge is -2.04. The zero-order valence-corrected chi connectivity index (χ0v) is 8.72. The van der Waals surface area contributed by atoms with Gasteiger partial charge in [0.15, 0.2) is 0 Å². The first kappa shape index (κ1) is 11.2. The number of aliphatic hydroxyl groups excluding tert-OH is 1. The molecule has 0 amide bonds. The van der Waals surface area contributed by atoms with E-state index in [4.69, 9.17) is 16.7 Å². The van der Waals surface area contributed by atoms with Crippen LogP contribution in [0.2, 0.25) is 0 Å². The second-order valence-corrected chi connectivity index (χ2v) is 3.63. The highest BCUT2D eigenvalue weighted by atomic mass is 35.5. The predicted octanol–water partition coefficient (Wildman–Crippen LogP) is 2.02. The summed E-state index contributed by atoms with van der Waals surface area (Å²) < 4.78 is 0. The van der Waals surface area contributed by atoms with Crippen LogP contribution in [0.3, 0.4) is 0 Å². The molecule has 0 aliphatic carbocycles. The Morgan fingerprint density at radius 1 is 1.43 bits per heavy atom.